The summed E-state index contributed by atoms with van der Waals surface area (Å²) in [4.78, 5) is 11.3. The minimum Gasteiger partial charge on any atom is -0.386 e. The van der Waals surface area contributed by atoms with Gasteiger partial charge in [-0.3, -0.25) is 4.79 Å². The third-order valence-electron chi connectivity index (χ3n) is 2.60. The first-order valence-corrected chi connectivity index (χ1v) is 5.00. The summed E-state index contributed by atoms with van der Waals surface area (Å²) in [5, 5.41) is 9.58. The second-order valence-corrected chi connectivity index (χ2v) is 4.21. The van der Waals surface area contributed by atoms with Crippen molar-refractivity contribution in [1.29, 1.82) is 0 Å². The van der Waals surface area contributed by atoms with Crippen LogP contribution in [0.1, 0.15) is 19.8 Å². The van der Waals surface area contributed by atoms with E-state index in [0.717, 1.165) is 0 Å². The van der Waals surface area contributed by atoms with E-state index in [0.29, 0.717) is 11.3 Å². The molecule has 1 amide bonds. The highest BCUT2D eigenvalue weighted by molar-refractivity contribution is 5.85. The molecule has 0 saturated carbocycles. The molecule has 0 radical (unpaired) electrons. The monoisotopic (exact) mass is 261 g/mol. The summed E-state index contributed by atoms with van der Waals surface area (Å²) in [6.07, 6.45) is -5.09. The number of rotatable bonds is 3. The predicted octanol–water partition coefficient (Wildman–Crippen LogP) is 1.56. The van der Waals surface area contributed by atoms with Crippen molar-refractivity contribution in [1.82, 2.24) is 4.90 Å². The lowest BCUT2D eigenvalue weighted by Gasteiger charge is -2.47. The Bertz CT molecular complexity index is 309. The van der Waals surface area contributed by atoms with Crippen LogP contribution in [0.5, 0.6) is 0 Å². The molecule has 0 aromatic carbocycles. The fraction of sp³-hybridized carbons (Fsp3) is 0.889. The van der Waals surface area contributed by atoms with Crippen molar-refractivity contribution in [3.05, 3.63) is 0 Å². The molecule has 1 rings (SSSR count). The van der Waals surface area contributed by atoms with Gasteiger partial charge in [-0.15, -0.1) is 0 Å². The highest BCUT2D eigenvalue weighted by Gasteiger charge is 2.66. The van der Waals surface area contributed by atoms with Crippen LogP contribution in [0.15, 0.2) is 0 Å². The van der Waals surface area contributed by atoms with Crippen LogP contribution >= 0.6 is 0 Å². The number of halogens is 5. The third kappa shape index (κ3) is 2.51. The van der Waals surface area contributed by atoms with E-state index in [1.165, 1.54) is 0 Å². The third-order valence-corrected chi connectivity index (χ3v) is 2.60. The van der Waals surface area contributed by atoms with E-state index in [1.807, 2.05) is 0 Å². The molecular weight excluding hydrogens is 249 g/mol. The fourth-order valence-corrected chi connectivity index (χ4v) is 1.75. The minimum atomic E-state index is -5.90. The van der Waals surface area contributed by atoms with Crippen molar-refractivity contribution in [3.8, 4) is 0 Å². The van der Waals surface area contributed by atoms with E-state index in [4.69, 9.17) is 0 Å². The summed E-state index contributed by atoms with van der Waals surface area (Å²) in [6.45, 7) is 0.767. The second kappa shape index (κ2) is 4.08. The Labute approximate surface area is 94.2 Å². The Hall–Kier alpha value is -0.920. The lowest BCUT2D eigenvalue weighted by Crippen LogP contribution is -2.67. The number of hydrogen-bond donors (Lipinski definition) is 1. The first kappa shape index (κ1) is 14.1. The van der Waals surface area contributed by atoms with Gasteiger partial charge in [-0.05, 0) is 6.42 Å². The SMILES string of the molecule is CCCC1(O)CN(C(=O)C(F)(F)C(F)(F)F)C1. The number of β-amino-alcohol motifs (C(OH)–C–C–N with tert-alkyl or cyclic N) is 1. The average molecular weight is 261 g/mol. The molecule has 3 nitrogen and oxygen atoms in total. The molecule has 1 heterocycles. The standard InChI is InChI=1S/C9H12F5NO2/c1-2-3-7(17)4-15(5-7)6(16)8(10,11)9(12,13)14/h17H,2-5H2,1H3. The molecule has 0 aromatic heterocycles. The largest absolute Gasteiger partial charge is 0.463 e. The maximum absolute atomic E-state index is 12.6. The number of carbonyl (C=O) groups excluding carboxylic acids is 1. The van der Waals surface area contributed by atoms with E-state index < -0.39 is 36.7 Å². The Morgan fingerprint density at radius 1 is 1.29 bits per heavy atom. The van der Waals surface area contributed by atoms with Crippen LogP contribution in [-0.2, 0) is 4.79 Å². The number of alkyl halides is 5. The highest BCUT2D eigenvalue weighted by Crippen LogP contribution is 2.39. The molecular formula is C9H12F5NO2. The lowest BCUT2D eigenvalue weighted by molar-refractivity contribution is -0.279. The van der Waals surface area contributed by atoms with Gasteiger partial charge in [0.25, 0.3) is 0 Å². The van der Waals surface area contributed by atoms with E-state index in [9.17, 15) is 31.9 Å². The molecule has 17 heavy (non-hydrogen) atoms. The normalized spacial score (nSPS) is 20.1. The first-order valence-electron chi connectivity index (χ1n) is 5.00. The van der Waals surface area contributed by atoms with Crippen LogP contribution < -0.4 is 0 Å². The Morgan fingerprint density at radius 3 is 2.12 bits per heavy atom. The van der Waals surface area contributed by atoms with Gasteiger partial charge in [0.15, 0.2) is 0 Å². The van der Waals surface area contributed by atoms with Crippen molar-refractivity contribution in [2.75, 3.05) is 13.1 Å². The van der Waals surface area contributed by atoms with E-state index in [-0.39, 0.29) is 6.42 Å². The Morgan fingerprint density at radius 2 is 1.76 bits per heavy atom. The van der Waals surface area contributed by atoms with Crippen LogP contribution in [0.3, 0.4) is 0 Å². The molecule has 100 valence electrons. The van der Waals surface area contributed by atoms with Gasteiger partial charge < -0.3 is 10.0 Å². The van der Waals surface area contributed by atoms with Gasteiger partial charge in [-0.25, -0.2) is 0 Å². The van der Waals surface area contributed by atoms with Crippen molar-refractivity contribution in [2.45, 2.75) is 37.5 Å². The summed E-state index contributed by atoms with van der Waals surface area (Å²) in [7, 11) is 0. The minimum absolute atomic E-state index is 0.258. The number of nitrogens with zero attached hydrogens (tertiary/aromatic N) is 1. The second-order valence-electron chi connectivity index (χ2n) is 4.21. The van der Waals surface area contributed by atoms with Crippen LogP contribution in [0.2, 0.25) is 0 Å². The maximum atomic E-state index is 12.6. The first-order chi connectivity index (χ1) is 7.53. The van der Waals surface area contributed by atoms with Crippen molar-refractivity contribution in [2.24, 2.45) is 0 Å². The molecule has 0 aliphatic carbocycles. The van der Waals surface area contributed by atoms with Crippen LogP contribution in [-0.4, -0.2) is 46.7 Å². The smallest absolute Gasteiger partial charge is 0.386 e. The van der Waals surface area contributed by atoms with Gasteiger partial charge in [-0.2, -0.15) is 22.0 Å². The van der Waals surface area contributed by atoms with Gasteiger partial charge in [0.2, 0.25) is 0 Å². The molecule has 1 N–H and O–H groups in total. The molecule has 1 saturated heterocycles. The van der Waals surface area contributed by atoms with Crippen LogP contribution in [0.4, 0.5) is 22.0 Å². The zero-order valence-corrected chi connectivity index (χ0v) is 9.02. The molecule has 1 fully saturated rings. The van der Waals surface area contributed by atoms with Crippen molar-refractivity contribution in [3.63, 3.8) is 0 Å². The van der Waals surface area contributed by atoms with E-state index in [1.54, 1.807) is 6.92 Å². The summed E-state index contributed by atoms with van der Waals surface area (Å²) in [5.74, 6) is -7.69. The molecule has 0 atom stereocenters. The summed E-state index contributed by atoms with van der Waals surface area (Å²) < 4.78 is 60.9. The molecule has 0 bridgehead atoms. The van der Waals surface area contributed by atoms with Crippen LogP contribution in [0.25, 0.3) is 0 Å². The summed E-state index contributed by atoms with van der Waals surface area (Å²) in [5.41, 5.74) is -1.33. The van der Waals surface area contributed by atoms with Gasteiger partial charge in [0.1, 0.15) is 0 Å². The zero-order valence-electron chi connectivity index (χ0n) is 9.02. The molecule has 8 heteroatoms. The van der Waals surface area contributed by atoms with Gasteiger partial charge in [-0.1, -0.05) is 13.3 Å². The number of amides is 1. The van der Waals surface area contributed by atoms with Gasteiger partial charge in [0, 0.05) is 0 Å². The van der Waals surface area contributed by atoms with Gasteiger partial charge >= 0.3 is 18.0 Å². The van der Waals surface area contributed by atoms with E-state index >= 15 is 0 Å². The van der Waals surface area contributed by atoms with Crippen LogP contribution in [0, 0.1) is 0 Å². The topological polar surface area (TPSA) is 40.5 Å². The number of carbonyl (C=O) groups is 1. The number of hydrogen-bond acceptors (Lipinski definition) is 2. The predicted molar refractivity (Wildman–Crippen MR) is 47.4 cm³/mol. The summed E-state index contributed by atoms with van der Waals surface area (Å²) in [6, 6.07) is 0. The molecule has 0 spiro atoms. The quantitative estimate of drug-likeness (QED) is 0.783. The lowest BCUT2D eigenvalue weighted by atomic mass is 9.89. The molecule has 1 aliphatic heterocycles. The number of likely N-dealkylation sites (tertiary alicyclic amines) is 1. The van der Waals surface area contributed by atoms with Gasteiger partial charge in [0.05, 0.1) is 18.7 Å². The highest BCUT2D eigenvalue weighted by atomic mass is 19.4. The molecule has 0 aromatic rings. The Kier molecular flexibility index (Phi) is 3.39. The molecule has 0 unspecified atom stereocenters. The number of aliphatic hydroxyl groups is 1. The zero-order chi connectivity index (χ0) is 13.5. The van der Waals surface area contributed by atoms with Crippen molar-refractivity contribution >= 4 is 5.91 Å². The fourth-order valence-electron chi connectivity index (χ4n) is 1.75. The maximum Gasteiger partial charge on any atom is 0.463 e. The van der Waals surface area contributed by atoms with Crippen molar-refractivity contribution < 1.29 is 31.9 Å². The van der Waals surface area contributed by atoms with E-state index in [2.05, 4.69) is 0 Å². The molecule has 1 aliphatic rings. The summed E-state index contributed by atoms with van der Waals surface area (Å²) >= 11 is 0. The average Bonchev–Trinajstić information content (AvgIpc) is 2.11. The Balaban J connectivity index is 2.64.